The van der Waals surface area contributed by atoms with Crippen LogP contribution in [0.3, 0.4) is 0 Å². The van der Waals surface area contributed by atoms with Crippen LogP contribution in [0.1, 0.15) is 24.3 Å². The van der Waals surface area contributed by atoms with Gasteiger partial charge in [-0.05, 0) is 11.5 Å². The van der Waals surface area contributed by atoms with E-state index in [0.29, 0.717) is 12.2 Å². The Morgan fingerprint density at radius 3 is 2.80 bits per heavy atom. The van der Waals surface area contributed by atoms with Crippen molar-refractivity contribution in [3.8, 4) is 0 Å². The zero-order valence-corrected chi connectivity index (χ0v) is 10.8. The molecule has 1 aromatic heterocycles. The molecule has 5 heteroatoms. The minimum atomic E-state index is -0.121. The minimum Gasteiger partial charge on any atom is -0.350 e. The van der Waals surface area contributed by atoms with Crippen LogP contribution in [0.15, 0.2) is 12.3 Å². The second kappa shape index (κ2) is 4.79. The highest BCUT2D eigenvalue weighted by molar-refractivity contribution is 9.09. The molecule has 1 aromatic rings. The highest BCUT2D eigenvalue weighted by Gasteiger charge is 2.18. The van der Waals surface area contributed by atoms with Gasteiger partial charge >= 0.3 is 0 Å². The van der Waals surface area contributed by atoms with Crippen LogP contribution in [0, 0.1) is 5.41 Å². The predicted octanol–water partition coefficient (Wildman–Crippen LogP) is 1.57. The monoisotopic (exact) mass is 273 g/mol. The van der Waals surface area contributed by atoms with Crippen molar-refractivity contribution >= 4 is 21.8 Å². The Balaban J connectivity index is 2.50. The molecule has 1 amide bonds. The molecule has 1 rings (SSSR count). The molecule has 0 spiro atoms. The van der Waals surface area contributed by atoms with Crippen LogP contribution in [0.4, 0.5) is 0 Å². The molecule has 0 aliphatic rings. The Morgan fingerprint density at radius 1 is 1.67 bits per heavy atom. The molecule has 0 bridgehead atoms. The second-order valence-corrected chi connectivity index (χ2v) is 4.92. The van der Waals surface area contributed by atoms with Crippen molar-refractivity contribution in [1.29, 1.82) is 0 Å². The van der Waals surface area contributed by atoms with Crippen molar-refractivity contribution in [2.75, 3.05) is 11.9 Å². The summed E-state index contributed by atoms with van der Waals surface area (Å²) in [6.07, 6.45) is 1.75. The van der Waals surface area contributed by atoms with Gasteiger partial charge < -0.3 is 5.32 Å². The lowest BCUT2D eigenvalue weighted by Crippen LogP contribution is -2.35. The van der Waals surface area contributed by atoms with Gasteiger partial charge in [0.1, 0.15) is 5.69 Å². The molecule has 0 aliphatic heterocycles. The van der Waals surface area contributed by atoms with Crippen LogP contribution in [-0.4, -0.2) is 27.6 Å². The molecule has 4 nitrogen and oxygen atoms in total. The third-order valence-corrected chi connectivity index (χ3v) is 3.55. The van der Waals surface area contributed by atoms with Crippen molar-refractivity contribution < 1.29 is 4.79 Å². The SMILES string of the molecule is Cn1ccc(C(=O)NCC(C)(C)CBr)n1. The summed E-state index contributed by atoms with van der Waals surface area (Å²) in [5, 5.41) is 7.74. The Morgan fingerprint density at radius 2 is 2.33 bits per heavy atom. The van der Waals surface area contributed by atoms with Gasteiger partial charge in [0, 0.05) is 25.1 Å². The fourth-order valence-corrected chi connectivity index (χ4v) is 1.19. The maximum atomic E-state index is 11.6. The first kappa shape index (κ1) is 12.2. The molecule has 84 valence electrons. The summed E-state index contributed by atoms with van der Waals surface area (Å²) in [4.78, 5) is 11.6. The van der Waals surface area contributed by atoms with Crippen LogP contribution in [0.25, 0.3) is 0 Å². The molecular formula is C10H16BrN3O. The normalized spacial score (nSPS) is 11.5. The standard InChI is InChI=1S/C10H16BrN3O/c1-10(2,6-11)7-12-9(15)8-4-5-14(3)13-8/h4-5H,6-7H2,1-3H3,(H,12,15). The van der Waals surface area contributed by atoms with E-state index in [0.717, 1.165) is 5.33 Å². The lowest BCUT2D eigenvalue weighted by molar-refractivity contribution is 0.0934. The van der Waals surface area contributed by atoms with E-state index in [-0.39, 0.29) is 11.3 Å². The number of rotatable bonds is 4. The van der Waals surface area contributed by atoms with E-state index in [1.54, 1.807) is 24.0 Å². The van der Waals surface area contributed by atoms with E-state index in [2.05, 4.69) is 40.2 Å². The predicted molar refractivity (Wildman–Crippen MR) is 63.1 cm³/mol. The summed E-state index contributed by atoms with van der Waals surface area (Å²) in [5.41, 5.74) is 0.521. The Hall–Kier alpha value is -0.840. The van der Waals surface area contributed by atoms with Gasteiger partial charge in [0.25, 0.3) is 5.91 Å². The fourth-order valence-electron chi connectivity index (χ4n) is 0.994. The van der Waals surface area contributed by atoms with Gasteiger partial charge in [-0.25, -0.2) is 0 Å². The van der Waals surface area contributed by atoms with E-state index in [1.807, 2.05) is 0 Å². The van der Waals surface area contributed by atoms with Crippen LogP contribution in [0.2, 0.25) is 0 Å². The molecule has 0 atom stereocenters. The van der Waals surface area contributed by atoms with E-state index < -0.39 is 0 Å². The third kappa shape index (κ3) is 3.66. The van der Waals surface area contributed by atoms with Crippen molar-refractivity contribution in [3.05, 3.63) is 18.0 Å². The fraction of sp³-hybridized carbons (Fsp3) is 0.600. The number of hydrogen-bond acceptors (Lipinski definition) is 2. The molecule has 0 radical (unpaired) electrons. The lowest BCUT2D eigenvalue weighted by atomic mass is 9.97. The number of amides is 1. The number of aryl methyl sites for hydroxylation is 1. The lowest BCUT2D eigenvalue weighted by Gasteiger charge is -2.21. The quantitative estimate of drug-likeness (QED) is 0.847. The zero-order valence-electron chi connectivity index (χ0n) is 9.25. The molecule has 0 aromatic carbocycles. The Labute approximate surface area is 98.2 Å². The Kier molecular flexibility index (Phi) is 3.90. The highest BCUT2D eigenvalue weighted by atomic mass is 79.9. The molecule has 0 aliphatic carbocycles. The summed E-state index contributed by atoms with van der Waals surface area (Å²) in [7, 11) is 1.79. The van der Waals surface area contributed by atoms with E-state index >= 15 is 0 Å². The summed E-state index contributed by atoms with van der Waals surface area (Å²) >= 11 is 3.41. The molecule has 0 saturated carbocycles. The number of alkyl halides is 1. The number of nitrogens with one attached hydrogen (secondary N) is 1. The Bertz CT molecular complexity index is 346. The van der Waals surface area contributed by atoms with Crippen LogP contribution >= 0.6 is 15.9 Å². The van der Waals surface area contributed by atoms with Crippen LogP contribution in [0.5, 0.6) is 0 Å². The topological polar surface area (TPSA) is 46.9 Å². The van der Waals surface area contributed by atoms with Crippen molar-refractivity contribution in [2.45, 2.75) is 13.8 Å². The first-order valence-corrected chi connectivity index (χ1v) is 5.90. The molecule has 0 saturated heterocycles. The van der Waals surface area contributed by atoms with Crippen molar-refractivity contribution in [3.63, 3.8) is 0 Å². The van der Waals surface area contributed by atoms with Crippen molar-refractivity contribution in [1.82, 2.24) is 15.1 Å². The molecule has 0 fully saturated rings. The average Bonchev–Trinajstić information content (AvgIpc) is 2.61. The minimum absolute atomic E-state index is 0.0600. The smallest absolute Gasteiger partial charge is 0.271 e. The molecule has 1 heterocycles. The van der Waals surface area contributed by atoms with Gasteiger partial charge in [-0.1, -0.05) is 29.8 Å². The number of hydrogen-bond donors (Lipinski definition) is 1. The maximum Gasteiger partial charge on any atom is 0.271 e. The van der Waals surface area contributed by atoms with Crippen LogP contribution < -0.4 is 5.32 Å². The summed E-state index contributed by atoms with van der Waals surface area (Å²) in [6, 6.07) is 1.70. The summed E-state index contributed by atoms with van der Waals surface area (Å²) in [6.45, 7) is 4.80. The highest BCUT2D eigenvalue weighted by Crippen LogP contribution is 2.16. The van der Waals surface area contributed by atoms with Gasteiger partial charge in [-0.3, -0.25) is 9.48 Å². The van der Waals surface area contributed by atoms with E-state index in [4.69, 9.17) is 0 Å². The average molecular weight is 274 g/mol. The first-order chi connectivity index (χ1) is 6.94. The molecule has 1 N–H and O–H groups in total. The van der Waals surface area contributed by atoms with Crippen molar-refractivity contribution in [2.24, 2.45) is 12.5 Å². The number of halogens is 1. The molecule has 15 heavy (non-hydrogen) atoms. The number of aromatic nitrogens is 2. The summed E-state index contributed by atoms with van der Waals surface area (Å²) < 4.78 is 1.62. The molecule has 0 unspecified atom stereocenters. The van der Waals surface area contributed by atoms with Gasteiger partial charge in [0.2, 0.25) is 0 Å². The zero-order chi connectivity index (χ0) is 11.5. The van der Waals surface area contributed by atoms with Gasteiger partial charge in [0.05, 0.1) is 0 Å². The van der Waals surface area contributed by atoms with E-state index in [1.165, 1.54) is 0 Å². The first-order valence-electron chi connectivity index (χ1n) is 4.78. The van der Waals surface area contributed by atoms with Gasteiger partial charge in [-0.2, -0.15) is 5.10 Å². The summed E-state index contributed by atoms with van der Waals surface area (Å²) in [5.74, 6) is -0.121. The molecular weight excluding hydrogens is 258 g/mol. The van der Waals surface area contributed by atoms with Gasteiger partial charge in [0.15, 0.2) is 0 Å². The third-order valence-electron chi connectivity index (χ3n) is 2.04. The number of nitrogens with zero attached hydrogens (tertiary/aromatic N) is 2. The maximum absolute atomic E-state index is 11.6. The number of carbonyl (C=O) groups is 1. The second-order valence-electron chi connectivity index (χ2n) is 4.36. The van der Waals surface area contributed by atoms with Gasteiger partial charge in [-0.15, -0.1) is 0 Å². The largest absolute Gasteiger partial charge is 0.350 e. The van der Waals surface area contributed by atoms with Crippen LogP contribution in [-0.2, 0) is 7.05 Å². The van der Waals surface area contributed by atoms with E-state index in [9.17, 15) is 4.79 Å². The number of carbonyl (C=O) groups excluding carboxylic acids is 1.